The van der Waals surface area contributed by atoms with E-state index in [-0.39, 0.29) is 0 Å². The molecule has 1 atom stereocenters. The zero-order valence-electron chi connectivity index (χ0n) is 18.6. The highest BCUT2D eigenvalue weighted by atomic mass is 35.5. The van der Waals surface area contributed by atoms with Gasteiger partial charge in [-0.3, -0.25) is 9.80 Å². The molecule has 1 unspecified atom stereocenters. The van der Waals surface area contributed by atoms with E-state index < -0.39 is 0 Å². The van der Waals surface area contributed by atoms with Crippen LogP contribution in [-0.2, 0) is 12.8 Å². The lowest BCUT2D eigenvalue weighted by molar-refractivity contribution is 0.188. The minimum absolute atomic E-state index is 0.575. The molecular formula is C24H33Cl2N5S. The lowest BCUT2D eigenvalue weighted by atomic mass is 9.96. The fraction of sp³-hybridized carbons (Fsp3) is 0.542. The molecule has 174 valence electrons. The van der Waals surface area contributed by atoms with E-state index in [4.69, 9.17) is 28.9 Å². The molecule has 8 heteroatoms. The third kappa shape index (κ3) is 5.78. The number of anilines is 2. The summed E-state index contributed by atoms with van der Waals surface area (Å²) >= 11 is 14.3. The number of hydrogen-bond donors (Lipinski definition) is 1. The molecule has 5 nitrogen and oxygen atoms in total. The van der Waals surface area contributed by atoms with Gasteiger partial charge in [0.05, 0.1) is 21.4 Å². The first kappa shape index (κ1) is 23.8. The van der Waals surface area contributed by atoms with Gasteiger partial charge in [0.25, 0.3) is 0 Å². The van der Waals surface area contributed by atoms with Crippen molar-refractivity contribution in [2.24, 2.45) is 0 Å². The van der Waals surface area contributed by atoms with E-state index >= 15 is 0 Å². The van der Waals surface area contributed by atoms with Crippen LogP contribution in [0.5, 0.6) is 0 Å². The van der Waals surface area contributed by atoms with Crippen molar-refractivity contribution in [1.29, 1.82) is 0 Å². The summed E-state index contributed by atoms with van der Waals surface area (Å²) in [6.45, 7) is 11.3. The molecule has 4 rings (SSSR count). The molecule has 0 spiro atoms. The molecule has 2 heterocycles. The summed E-state index contributed by atoms with van der Waals surface area (Å²) in [5.74, 6) is 0. The van der Waals surface area contributed by atoms with Crippen molar-refractivity contribution in [3.8, 4) is 0 Å². The summed E-state index contributed by atoms with van der Waals surface area (Å²) in [7, 11) is 0. The number of nitrogens with zero attached hydrogens (tertiary/aromatic N) is 4. The third-order valence-corrected chi connectivity index (χ3v) is 8.38. The molecule has 0 bridgehead atoms. The van der Waals surface area contributed by atoms with Crippen LogP contribution in [0, 0.1) is 0 Å². The second kappa shape index (κ2) is 11.2. The Morgan fingerprint density at radius 1 is 1.22 bits per heavy atom. The highest BCUT2D eigenvalue weighted by Gasteiger charge is 2.26. The SMILES string of the molecule is C=CCN(CCCCN1CCN(c2cccc(Cl)c2Cl)CC1)C1CCc2nc(N)sc2C1. The minimum atomic E-state index is 0.575. The van der Waals surface area contributed by atoms with Gasteiger partial charge in [0.1, 0.15) is 0 Å². The smallest absolute Gasteiger partial charge is 0.180 e. The van der Waals surface area contributed by atoms with Gasteiger partial charge in [-0.05, 0) is 57.3 Å². The molecule has 1 aliphatic heterocycles. The van der Waals surface area contributed by atoms with E-state index in [0.717, 1.165) is 70.8 Å². The van der Waals surface area contributed by atoms with Crippen LogP contribution >= 0.6 is 34.5 Å². The fourth-order valence-corrected chi connectivity index (χ4v) is 6.24. The highest BCUT2D eigenvalue weighted by Crippen LogP contribution is 2.33. The predicted octanol–water partition coefficient (Wildman–Crippen LogP) is 4.98. The third-order valence-electron chi connectivity index (χ3n) is 6.62. The molecule has 1 aromatic heterocycles. The van der Waals surface area contributed by atoms with Crippen molar-refractivity contribution in [3.63, 3.8) is 0 Å². The molecule has 1 saturated heterocycles. The van der Waals surface area contributed by atoms with Gasteiger partial charge in [-0.2, -0.15) is 0 Å². The zero-order chi connectivity index (χ0) is 22.5. The number of rotatable bonds is 9. The normalized spacial score (nSPS) is 19.3. The summed E-state index contributed by atoms with van der Waals surface area (Å²) in [6.07, 6.45) is 7.75. The van der Waals surface area contributed by atoms with Crippen molar-refractivity contribution < 1.29 is 0 Å². The standard InChI is InChI=1S/C24H33Cl2N5S/c1-2-10-30(18-8-9-20-22(17-18)32-24(27)28-20)12-4-3-11-29-13-15-31(16-14-29)21-7-5-6-19(25)23(21)26/h2,5-7,18H,1,3-4,8-17H2,(H2,27,28). The second-order valence-corrected chi connectivity index (χ2v) is 10.6. The fourth-order valence-electron chi connectivity index (χ4n) is 4.88. The summed E-state index contributed by atoms with van der Waals surface area (Å²) < 4.78 is 0. The summed E-state index contributed by atoms with van der Waals surface area (Å²) in [5, 5.41) is 2.01. The monoisotopic (exact) mass is 493 g/mol. The Morgan fingerprint density at radius 3 is 2.81 bits per heavy atom. The van der Waals surface area contributed by atoms with E-state index in [2.05, 4.69) is 32.3 Å². The second-order valence-electron chi connectivity index (χ2n) is 8.71. The van der Waals surface area contributed by atoms with Gasteiger partial charge in [-0.25, -0.2) is 4.98 Å². The van der Waals surface area contributed by atoms with Gasteiger partial charge >= 0.3 is 0 Å². The number of aromatic nitrogens is 1. The number of piperazine rings is 1. The molecule has 0 radical (unpaired) electrons. The van der Waals surface area contributed by atoms with Crippen molar-refractivity contribution in [2.75, 3.05) is 56.4 Å². The van der Waals surface area contributed by atoms with Crippen LogP contribution in [0.3, 0.4) is 0 Å². The van der Waals surface area contributed by atoms with E-state index in [1.807, 2.05) is 18.2 Å². The molecular weight excluding hydrogens is 461 g/mol. The van der Waals surface area contributed by atoms with Gasteiger partial charge in [0, 0.05) is 43.6 Å². The van der Waals surface area contributed by atoms with Gasteiger partial charge in [-0.1, -0.05) is 35.3 Å². The quantitative estimate of drug-likeness (QED) is 0.394. The maximum atomic E-state index is 6.41. The Balaban J connectivity index is 1.20. The van der Waals surface area contributed by atoms with Gasteiger partial charge in [0.2, 0.25) is 0 Å². The van der Waals surface area contributed by atoms with Crippen LogP contribution in [0.25, 0.3) is 0 Å². The molecule has 32 heavy (non-hydrogen) atoms. The Kier molecular flexibility index (Phi) is 8.35. The first-order chi connectivity index (χ1) is 15.5. The van der Waals surface area contributed by atoms with Crippen LogP contribution in [0.2, 0.25) is 10.0 Å². The molecule has 0 amide bonds. The van der Waals surface area contributed by atoms with Crippen molar-refractivity contribution in [2.45, 2.75) is 38.1 Å². The van der Waals surface area contributed by atoms with E-state index in [9.17, 15) is 0 Å². The average Bonchev–Trinajstić information content (AvgIpc) is 3.17. The Bertz CT molecular complexity index is 910. The molecule has 2 aromatic rings. The lowest BCUT2D eigenvalue weighted by Crippen LogP contribution is -2.47. The van der Waals surface area contributed by atoms with Crippen LogP contribution in [-0.4, -0.2) is 66.6 Å². The van der Waals surface area contributed by atoms with Crippen LogP contribution in [0.4, 0.5) is 10.8 Å². The number of aryl methyl sites for hydroxylation is 1. The Labute approximate surface area is 205 Å². The maximum Gasteiger partial charge on any atom is 0.180 e. The van der Waals surface area contributed by atoms with Crippen molar-refractivity contribution >= 4 is 45.4 Å². The highest BCUT2D eigenvalue weighted by molar-refractivity contribution is 7.15. The molecule has 0 saturated carbocycles. The number of nitrogen functional groups attached to an aromatic ring is 1. The number of nitrogens with two attached hydrogens (primary N) is 1. The summed E-state index contributed by atoms with van der Waals surface area (Å²) in [5.41, 5.74) is 8.20. The average molecular weight is 495 g/mol. The minimum Gasteiger partial charge on any atom is -0.375 e. The summed E-state index contributed by atoms with van der Waals surface area (Å²) in [4.78, 5) is 13.4. The number of hydrogen-bond acceptors (Lipinski definition) is 6. The molecule has 1 fully saturated rings. The number of fused-ring (bicyclic) bond motifs is 1. The van der Waals surface area contributed by atoms with E-state index in [0.29, 0.717) is 21.2 Å². The van der Waals surface area contributed by atoms with Crippen molar-refractivity contribution in [1.82, 2.24) is 14.8 Å². The molecule has 1 aromatic carbocycles. The first-order valence-corrected chi connectivity index (χ1v) is 13.1. The van der Waals surface area contributed by atoms with E-state index in [1.54, 1.807) is 11.3 Å². The topological polar surface area (TPSA) is 48.6 Å². The number of unbranched alkanes of at least 4 members (excludes halogenated alkanes) is 1. The molecule has 1 aliphatic carbocycles. The van der Waals surface area contributed by atoms with Gasteiger partial charge in [0.15, 0.2) is 5.13 Å². The van der Waals surface area contributed by atoms with Crippen LogP contribution < -0.4 is 10.6 Å². The van der Waals surface area contributed by atoms with Crippen molar-refractivity contribution in [3.05, 3.63) is 51.5 Å². The Hall–Kier alpha value is -1.31. The van der Waals surface area contributed by atoms with Crippen LogP contribution in [0.15, 0.2) is 30.9 Å². The Morgan fingerprint density at radius 2 is 2.03 bits per heavy atom. The maximum absolute atomic E-state index is 6.41. The molecule has 2 N–H and O–H groups in total. The first-order valence-electron chi connectivity index (χ1n) is 11.6. The van der Waals surface area contributed by atoms with E-state index in [1.165, 1.54) is 23.4 Å². The zero-order valence-corrected chi connectivity index (χ0v) is 20.9. The molecule has 2 aliphatic rings. The largest absolute Gasteiger partial charge is 0.375 e. The van der Waals surface area contributed by atoms with Gasteiger partial charge in [-0.15, -0.1) is 17.9 Å². The van der Waals surface area contributed by atoms with Crippen LogP contribution in [0.1, 0.15) is 29.8 Å². The lowest BCUT2D eigenvalue weighted by Gasteiger charge is -2.37. The predicted molar refractivity (Wildman–Crippen MR) is 138 cm³/mol. The summed E-state index contributed by atoms with van der Waals surface area (Å²) in [6, 6.07) is 6.46. The van der Waals surface area contributed by atoms with Gasteiger partial charge < -0.3 is 10.6 Å². The number of thiazole rings is 1. The number of halogens is 2. The number of benzene rings is 1.